The number of nitrogens with zero attached hydrogens (tertiary/aromatic N) is 2. The van der Waals surface area contributed by atoms with Crippen LogP contribution in [0.4, 0.5) is 0 Å². The lowest BCUT2D eigenvalue weighted by Gasteiger charge is -2.16. The molecule has 1 aliphatic heterocycles. The molecular weight excluding hydrogens is 130 g/mol. The molecule has 1 heterocycles. The number of rotatable bonds is 2. The Morgan fingerprint density at radius 1 is 1.80 bits per heavy atom. The average molecular weight is 139 g/mol. The summed E-state index contributed by atoms with van der Waals surface area (Å²) in [6.45, 7) is 0.932. The highest BCUT2D eigenvalue weighted by molar-refractivity contribution is 5.76. The number of aliphatic imine (C=N–C) groups is 1. The molecule has 0 spiro atoms. The maximum absolute atomic E-state index is 10.4. The molecule has 4 heteroatoms. The van der Waals surface area contributed by atoms with E-state index in [0.29, 0.717) is 6.54 Å². The van der Waals surface area contributed by atoms with Gasteiger partial charge in [0, 0.05) is 18.6 Å². The van der Waals surface area contributed by atoms with Crippen LogP contribution in [0.2, 0.25) is 0 Å². The molecule has 0 aromatic heterocycles. The third-order valence-corrected chi connectivity index (χ3v) is 1.14. The molecule has 4 nitrogen and oxygen atoms in total. The second kappa shape index (κ2) is 3.00. The van der Waals surface area contributed by atoms with Crippen LogP contribution in [-0.2, 0) is 4.79 Å². The van der Waals surface area contributed by atoms with E-state index in [4.69, 9.17) is 5.73 Å². The number of primary amides is 1. The number of carbonyl (C=O) groups is 1. The zero-order valence-electron chi connectivity index (χ0n) is 5.53. The Labute approximate surface area is 59.0 Å². The van der Waals surface area contributed by atoms with Crippen LogP contribution in [0.5, 0.6) is 0 Å². The molecule has 2 N–H and O–H groups in total. The van der Waals surface area contributed by atoms with E-state index in [-0.39, 0.29) is 12.5 Å². The van der Waals surface area contributed by atoms with Crippen LogP contribution in [-0.4, -0.2) is 30.1 Å². The van der Waals surface area contributed by atoms with Crippen LogP contribution < -0.4 is 5.73 Å². The molecule has 1 rings (SSSR count). The first-order chi connectivity index (χ1) is 4.79. The van der Waals surface area contributed by atoms with E-state index in [1.54, 1.807) is 23.5 Å². The SMILES string of the molecule is NC(=O)CN1C=CN=CC1. The molecule has 10 heavy (non-hydrogen) atoms. The van der Waals surface area contributed by atoms with Crippen LogP contribution in [0.3, 0.4) is 0 Å². The fourth-order valence-electron chi connectivity index (χ4n) is 0.724. The van der Waals surface area contributed by atoms with Gasteiger partial charge in [0.1, 0.15) is 0 Å². The fraction of sp³-hybridized carbons (Fsp3) is 0.333. The molecule has 0 atom stereocenters. The zero-order valence-corrected chi connectivity index (χ0v) is 5.53. The number of carbonyl (C=O) groups excluding carboxylic acids is 1. The lowest BCUT2D eigenvalue weighted by Crippen LogP contribution is -2.31. The number of amides is 1. The molecule has 0 bridgehead atoms. The second-order valence-corrected chi connectivity index (χ2v) is 2.03. The zero-order chi connectivity index (χ0) is 7.40. The van der Waals surface area contributed by atoms with Gasteiger partial charge < -0.3 is 10.6 Å². The van der Waals surface area contributed by atoms with Crippen molar-refractivity contribution < 1.29 is 4.79 Å². The maximum atomic E-state index is 10.4. The summed E-state index contributed by atoms with van der Waals surface area (Å²) in [7, 11) is 0. The monoisotopic (exact) mass is 139 g/mol. The summed E-state index contributed by atoms with van der Waals surface area (Å²) in [4.78, 5) is 16.0. The summed E-state index contributed by atoms with van der Waals surface area (Å²) >= 11 is 0. The Bertz CT molecular complexity index is 185. The third-order valence-electron chi connectivity index (χ3n) is 1.14. The van der Waals surface area contributed by atoms with Gasteiger partial charge in [0.15, 0.2) is 0 Å². The van der Waals surface area contributed by atoms with Gasteiger partial charge in [0.05, 0.1) is 13.1 Å². The van der Waals surface area contributed by atoms with Crippen molar-refractivity contribution in [2.45, 2.75) is 0 Å². The van der Waals surface area contributed by atoms with Gasteiger partial charge in [-0.1, -0.05) is 0 Å². The molecule has 0 unspecified atom stereocenters. The second-order valence-electron chi connectivity index (χ2n) is 2.03. The average Bonchev–Trinajstić information content (AvgIpc) is 1.88. The first-order valence-corrected chi connectivity index (χ1v) is 2.99. The summed E-state index contributed by atoms with van der Waals surface area (Å²) < 4.78 is 0. The van der Waals surface area contributed by atoms with E-state index < -0.39 is 0 Å². The van der Waals surface area contributed by atoms with Crippen LogP contribution in [0, 0.1) is 0 Å². The van der Waals surface area contributed by atoms with Crippen molar-refractivity contribution in [2.24, 2.45) is 10.7 Å². The highest BCUT2D eigenvalue weighted by atomic mass is 16.1. The predicted molar refractivity (Wildman–Crippen MR) is 38.4 cm³/mol. The first kappa shape index (κ1) is 6.80. The van der Waals surface area contributed by atoms with Crippen LogP contribution in [0.1, 0.15) is 0 Å². The molecule has 1 aliphatic rings. The van der Waals surface area contributed by atoms with Gasteiger partial charge in [-0.2, -0.15) is 0 Å². The van der Waals surface area contributed by atoms with Gasteiger partial charge >= 0.3 is 0 Å². The fourth-order valence-corrected chi connectivity index (χ4v) is 0.724. The highest BCUT2D eigenvalue weighted by Gasteiger charge is 2.02. The third kappa shape index (κ3) is 1.89. The Morgan fingerprint density at radius 2 is 2.60 bits per heavy atom. The summed E-state index contributed by atoms with van der Waals surface area (Å²) in [5.74, 6) is -0.319. The number of hydrogen-bond donors (Lipinski definition) is 1. The molecule has 0 fully saturated rings. The number of hydrogen-bond acceptors (Lipinski definition) is 3. The summed E-state index contributed by atoms with van der Waals surface area (Å²) in [5, 5.41) is 0. The minimum Gasteiger partial charge on any atom is -0.368 e. The van der Waals surface area contributed by atoms with Crippen molar-refractivity contribution in [3.8, 4) is 0 Å². The Hall–Kier alpha value is -1.32. The van der Waals surface area contributed by atoms with E-state index in [9.17, 15) is 4.79 Å². The normalized spacial score (nSPS) is 15.8. The summed E-state index contributed by atoms with van der Waals surface area (Å²) in [5.41, 5.74) is 4.96. The van der Waals surface area contributed by atoms with Crippen molar-refractivity contribution in [1.82, 2.24) is 4.90 Å². The topological polar surface area (TPSA) is 58.7 Å². The van der Waals surface area contributed by atoms with E-state index in [1.807, 2.05) is 0 Å². The smallest absolute Gasteiger partial charge is 0.236 e. The molecule has 0 saturated carbocycles. The Balaban J connectivity index is 2.37. The van der Waals surface area contributed by atoms with Crippen molar-refractivity contribution in [2.75, 3.05) is 13.1 Å². The molecule has 54 valence electrons. The van der Waals surface area contributed by atoms with Crippen LogP contribution in [0.25, 0.3) is 0 Å². The van der Waals surface area contributed by atoms with Gasteiger partial charge in [0.2, 0.25) is 5.91 Å². The number of nitrogens with two attached hydrogens (primary N) is 1. The summed E-state index contributed by atoms with van der Waals surface area (Å²) in [6, 6.07) is 0. The molecule has 0 aliphatic carbocycles. The lowest BCUT2D eigenvalue weighted by atomic mass is 10.4. The van der Waals surface area contributed by atoms with Gasteiger partial charge in [-0.05, 0) is 0 Å². The van der Waals surface area contributed by atoms with E-state index in [1.165, 1.54) is 0 Å². The molecule has 0 saturated heterocycles. The Morgan fingerprint density at radius 3 is 3.10 bits per heavy atom. The van der Waals surface area contributed by atoms with Gasteiger partial charge in [0.25, 0.3) is 0 Å². The van der Waals surface area contributed by atoms with Crippen molar-refractivity contribution in [3.05, 3.63) is 12.4 Å². The quantitative estimate of drug-likeness (QED) is 0.551. The van der Waals surface area contributed by atoms with Gasteiger partial charge in [-0.25, -0.2) is 0 Å². The maximum Gasteiger partial charge on any atom is 0.236 e. The molecular formula is C6H9N3O. The standard InChI is InChI=1S/C6H9N3O/c7-6(10)5-9-3-1-8-2-4-9/h1-3H,4-5H2,(H2,7,10). The minimum atomic E-state index is -0.319. The van der Waals surface area contributed by atoms with Crippen molar-refractivity contribution in [3.63, 3.8) is 0 Å². The van der Waals surface area contributed by atoms with Gasteiger partial charge in [-0.15, -0.1) is 0 Å². The Kier molecular flexibility index (Phi) is 2.04. The van der Waals surface area contributed by atoms with Crippen molar-refractivity contribution >= 4 is 12.1 Å². The van der Waals surface area contributed by atoms with E-state index >= 15 is 0 Å². The molecule has 0 aromatic carbocycles. The molecule has 0 radical (unpaired) electrons. The first-order valence-electron chi connectivity index (χ1n) is 2.99. The largest absolute Gasteiger partial charge is 0.368 e. The molecule has 1 amide bonds. The van der Waals surface area contributed by atoms with E-state index in [0.717, 1.165) is 0 Å². The minimum absolute atomic E-state index is 0.266. The lowest BCUT2D eigenvalue weighted by molar-refractivity contribution is -0.118. The van der Waals surface area contributed by atoms with Crippen LogP contribution in [0.15, 0.2) is 17.4 Å². The van der Waals surface area contributed by atoms with E-state index in [2.05, 4.69) is 4.99 Å². The van der Waals surface area contributed by atoms with Crippen LogP contribution >= 0.6 is 0 Å². The summed E-state index contributed by atoms with van der Waals surface area (Å²) in [6.07, 6.45) is 5.10. The van der Waals surface area contributed by atoms with Crippen molar-refractivity contribution in [1.29, 1.82) is 0 Å². The molecule has 0 aromatic rings. The highest BCUT2D eigenvalue weighted by Crippen LogP contribution is 1.92. The van der Waals surface area contributed by atoms with Gasteiger partial charge in [-0.3, -0.25) is 9.79 Å². The predicted octanol–water partition coefficient (Wildman–Crippen LogP) is -0.671.